The van der Waals surface area contributed by atoms with Crippen molar-refractivity contribution in [3.63, 3.8) is 0 Å². The standard InChI is InChI=1S/C17H21NO5S2/c1-11(2)15(12-5-7-13(22-3)8-6-12)18-25(20,21)14-9-10-24-16(14)17(19)23-4/h5-11,15,18H,1-4H3. The average Bonchev–Trinajstić information content (AvgIpc) is 3.09. The van der Waals surface area contributed by atoms with E-state index in [0.29, 0.717) is 5.75 Å². The minimum atomic E-state index is -3.88. The molecular formula is C17H21NO5S2. The summed E-state index contributed by atoms with van der Waals surface area (Å²) in [6, 6.07) is 8.17. The number of benzene rings is 1. The van der Waals surface area contributed by atoms with Gasteiger partial charge in [0.05, 0.1) is 14.2 Å². The summed E-state index contributed by atoms with van der Waals surface area (Å²) in [7, 11) is -1.09. The number of carbonyl (C=O) groups excluding carboxylic acids is 1. The highest BCUT2D eigenvalue weighted by Gasteiger charge is 2.29. The summed E-state index contributed by atoms with van der Waals surface area (Å²) in [5, 5.41) is 1.55. The Balaban J connectivity index is 2.35. The lowest BCUT2D eigenvalue weighted by molar-refractivity contribution is 0.0602. The summed E-state index contributed by atoms with van der Waals surface area (Å²) >= 11 is 1.04. The topological polar surface area (TPSA) is 81.7 Å². The SMILES string of the molecule is COC(=O)c1sccc1S(=O)(=O)NC(c1ccc(OC)cc1)C(C)C. The molecular weight excluding hydrogens is 362 g/mol. The van der Waals surface area contributed by atoms with Gasteiger partial charge in [-0.1, -0.05) is 26.0 Å². The number of ether oxygens (including phenoxy) is 2. The first-order chi connectivity index (χ1) is 11.8. The van der Waals surface area contributed by atoms with Crippen molar-refractivity contribution in [1.82, 2.24) is 4.72 Å². The van der Waals surface area contributed by atoms with E-state index in [9.17, 15) is 13.2 Å². The number of methoxy groups -OCH3 is 2. The van der Waals surface area contributed by atoms with Crippen LogP contribution in [-0.2, 0) is 14.8 Å². The van der Waals surface area contributed by atoms with Gasteiger partial charge in [0.15, 0.2) is 0 Å². The summed E-state index contributed by atoms with van der Waals surface area (Å²) in [5.41, 5.74) is 0.814. The van der Waals surface area contributed by atoms with E-state index in [-0.39, 0.29) is 15.7 Å². The van der Waals surface area contributed by atoms with Crippen molar-refractivity contribution < 1.29 is 22.7 Å². The maximum Gasteiger partial charge on any atom is 0.349 e. The molecule has 8 heteroatoms. The molecule has 1 unspecified atom stereocenters. The average molecular weight is 383 g/mol. The number of carbonyl (C=O) groups is 1. The largest absolute Gasteiger partial charge is 0.497 e. The van der Waals surface area contributed by atoms with Gasteiger partial charge in [0.1, 0.15) is 15.5 Å². The van der Waals surface area contributed by atoms with Crippen LogP contribution in [0.3, 0.4) is 0 Å². The fourth-order valence-electron chi connectivity index (χ4n) is 2.38. The van der Waals surface area contributed by atoms with Gasteiger partial charge in [-0.05, 0) is 35.1 Å². The third kappa shape index (κ3) is 4.39. The van der Waals surface area contributed by atoms with Crippen LogP contribution < -0.4 is 9.46 Å². The number of nitrogens with one attached hydrogen (secondary N) is 1. The molecule has 2 aromatic rings. The number of hydrogen-bond acceptors (Lipinski definition) is 6. The first kappa shape index (κ1) is 19.4. The molecule has 0 saturated carbocycles. The lowest BCUT2D eigenvalue weighted by Gasteiger charge is -2.23. The van der Waals surface area contributed by atoms with Gasteiger partial charge >= 0.3 is 5.97 Å². The Hall–Kier alpha value is -1.90. The molecule has 0 fully saturated rings. The molecule has 1 aromatic heterocycles. The van der Waals surface area contributed by atoms with Gasteiger partial charge in [-0.15, -0.1) is 11.3 Å². The molecule has 25 heavy (non-hydrogen) atoms. The lowest BCUT2D eigenvalue weighted by Crippen LogP contribution is -2.32. The Morgan fingerprint density at radius 3 is 2.28 bits per heavy atom. The molecule has 0 amide bonds. The maximum absolute atomic E-state index is 12.8. The molecule has 1 aromatic carbocycles. The molecule has 1 heterocycles. The Labute approximate surface area is 151 Å². The van der Waals surface area contributed by atoms with Gasteiger partial charge in [0.2, 0.25) is 10.0 Å². The van der Waals surface area contributed by atoms with Crippen LogP contribution in [0.15, 0.2) is 40.6 Å². The van der Waals surface area contributed by atoms with Gasteiger partial charge in [-0.3, -0.25) is 0 Å². The summed E-state index contributed by atoms with van der Waals surface area (Å²) in [6.45, 7) is 3.85. The molecule has 0 saturated heterocycles. The van der Waals surface area contributed by atoms with E-state index in [2.05, 4.69) is 9.46 Å². The first-order valence-electron chi connectivity index (χ1n) is 7.62. The maximum atomic E-state index is 12.8. The minimum Gasteiger partial charge on any atom is -0.497 e. The van der Waals surface area contributed by atoms with Crippen molar-refractivity contribution in [1.29, 1.82) is 0 Å². The van der Waals surface area contributed by atoms with E-state index in [4.69, 9.17) is 4.74 Å². The molecule has 1 N–H and O–H groups in total. The van der Waals surface area contributed by atoms with Gasteiger partial charge in [0.25, 0.3) is 0 Å². The van der Waals surface area contributed by atoms with E-state index >= 15 is 0 Å². The second kappa shape index (κ2) is 7.99. The van der Waals surface area contributed by atoms with Crippen LogP contribution in [0.25, 0.3) is 0 Å². The van der Waals surface area contributed by atoms with E-state index in [1.807, 2.05) is 26.0 Å². The molecule has 6 nitrogen and oxygen atoms in total. The normalized spacial score (nSPS) is 12.8. The fourth-order valence-corrected chi connectivity index (χ4v) is 5.09. The number of thiophene rings is 1. The van der Waals surface area contributed by atoms with Crippen LogP contribution in [0, 0.1) is 5.92 Å². The quantitative estimate of drug-likeness (QED) is 0.743. The molecule has 136 valence electrons. The van der Waals surface area contributed by atoms with Gasteiger partial charge in [-0.25, -0.2) is 17.9 Å². The molecule has 1 atom stereocenters. The predicted octanol–water partition coefficient (Wildman–Crippen LogP) is 3.22. The van der Waals surface area contributed by atoms with E-state index in [1.165, 1.54) is 13.2 Å². The highest BCUT2D eigenvalue weighted by Crippen LogP contribution is 2.28. The van der Waals surface area contributed by atoms with Crippen molar-refractivity contribution in [3.8, 4) is 5.75 Å². The predicted molar refractivity (Wildman–Crippen MR) is 96.6 cm³/mol. The van der Waals surface area contributed by atoms with Crippen LogP contribution >= 0.6 is 11.3 Å². The zero-order chi connectivity index (χ0) is 18.6. The summed E-state index contributed by atoms with van der Waals surface area (Å²) < 4.78 is 38.1. The van der Waals surface area contributed by atoms with Crippen LogP contribution in [-0.4, -0.2) is 28.6 Å². The smallest absolute Gasteiger partial charge is 0.349 e. The summed E-state index contributed by atoms with van der Waals surface area (Å²) in [6.07, 6.45) is 0. The van der Waals surface area contributed by atoms with Crippen LogP contribution in [0.1, 0.15) is 35.1 Å². The zero-order valence-corrected chi connectivity index (χ0v) is 16.1. The van der Waals surface area contributed by atoms with Gasteiger partial charge < -0.3 is 9.47 Å². The molecule has 0 bridgehead atoms. The first-order valence-corrected chi connectivity index (χ1v) is 9.98. The molecule has 0 spiro atoms. The Morgan fingerprint density at radius 2 is 1.76 bits per heavy atom. The van der Waals surface area contributed by atoms with E-state index < -0.39 is 22.0 Å². The zero-order valence-electron chi connectivity index (χ0n) is 14.5. The fraction of sp³-hybridized carbons (Fsp3) is 0.353. The molecule has 0 aliphatic heterocycles. The Bertz CT molecular complexity index is 825. The Morgan fingerprint density at radius 1 is 1.12 bits per heavy atom. The highest BCUT2D eigenvalue weighted by molar-refractivity contribution is 7.89. The summed E-state index contributed by atoms with van der Waals surface area (Å²) in [4.78, 5) is 11.8. The van der Waals surface area contributed by atoms with E-state index in [1.54, 1.807) is 24.6 Å². The molecule has 2 rings (SSSR count). The second-order valence-electron chi connectivity index (χ2n) is 5.72. The highest BCUT2D eigenvalue weighted by atomic mass is 32.2. The second-order valence-corrected chi connectivity index (χ2v) is 8.32. The van der Waals surface area contributed by atoms with Crippen LogP contribution in [0.2, 0.25) is 0 Å². The van der Waals surface area contributed by atoms with Crippen molar-refractivity contribution >= 4 is 27.3 Å². The lowest BCUT2D eigenvalue weighted by atomic mass is 9.97. The number of rotatable bonds is 7. The molecule has 0 radical (unpaired) electrons. The third-order valence-electron chi connectivity index (χ3n) is 3.71. The Kier molecular flexibility index (Phi) is 6.21. The molecule has 0 aliphatic carbocycles. The number of hydrogen-bond donors (Lipinski definition) is 1. The summed E-state index contributed by atoms with van der Waals surface area (Å²) in [5.74, 6) is 0.0317. The van der Waals surface area contributed by atoms with Gasteiger partial charge in [0, 0.05) is 6.04 Å². The van der Waals surface area contributed by atoms with Crippen LogP contribution in [0.5, 0.6) is 5.75 Å². The number of esters is 1. The van der Waals surface area contributed by atoms with Crippen LogP contribution in [0.4, 0.5) is 0 Å². The van der Waals surface area contributed by atoms with Crippen molar-refractivity contribution in [2.24, 2.45) is 5.92 Å². The minimum absolute atomic E-state index is 0.00313. The monoisotopic (exact) mass is 383 g/mol. The van der Waals surface area contributed by atoms with E-state index in [0.717, 1.165) is 16.9 Å². The van der Waals surface area contributed by atoms with Gasteiger partial charge in [-0.2, -0.15) is 0 Å². The number of sulfonamides is 1. The third-order valence-corrected chi connectivity index (χ3v) is 6.22. The molecule has 0 aliphatic rings. The van der Waals surface area contributed by atoms with Crippen molar-refractivity contribution in [2.75, 3.05) is 14.2 Å². The van der Waals surface area contributed by atoms with Crippen molar-refractivity contribution in [2.45, 2.75) is 24.8 Å². The van der Waals surface area contributed by atoms with Crippen molar-refractivity contribution in [3.05, 3.63) is 46.2 Å².